The van der Waals surface area contributed by atoms with Crippen molar-refractivity contribution in [3.05, 3.63) is 33.8 Å². The summed E-state index contributed by atoms with van der Waals surface area (Å²) in [6.45, 7) is 1.56. The van der Waals surface area contributed by atoms with E-state index in [4.69, 9.17) is 28.9 Å². The summed E-state index contributed by atoms with van der Waals surface area (Å²) in [6.07, 6.45) is 0. The van der Waals surface area contributed by atoms with Gasteiger partial charge < -0.3 is 11.1 Å². The van der Waals surface area contributed by atoms with Crippen LogP contribution in [0.1, 0.15) is 5.56 Å². The third-order valence-corrected chi connectivity index (χ3v) is 2.75. The molecule has 1 aliphatic rings. The summed E-state index contributed by atoms with van der Waals surface area (Å²) in [4.78, 5) is 0. The van der Waals surface area contributed by atoms with Crippen LogP contribution in [0, 0.1) is 0 Å². The van der Waals surface area contributed by atoms with E-state index in [1.165, 1.54) is 0 Å². The summed E-state index contributed by atoms with van der Waals surface area (Å²) in [5, 5.41) is 4.40. The largest absolute Gasteiger partial charge is 0.319 e. The molecule has 2 rings (SSSR count). The molecule has 0 saturated carbocycles. The Kier molecular flexibility index (Phi) is 2.24. The van der Waals surface area contributed by atoms with Crippen LogP contribution in [0.3, 0.4) is 0 Å². The van der Waals surface area contributed by atoms with E-state index in [2.05, 4.69) is 5.32 Å². The van der Waals surface area contributed by atoms with Crippen molar-refractivity contribution in [3.8, 4) is 0 Å². The number of nitrogens with one attached hydrogen (secondary N) is 1. The van der Waals surface area contributed by atoms with Gasteiger partial charge in [0.25, 0.3) is 0 Å². The zero-order valence-electron chi connectivity index (χ0n) is 6.98. The van der Waals surface area contributed by atoms with Gasteiger partial charge in [-0.15, -0.1) is 0 Å². The molecular weight excluding hydrogens is 207 g/mol. The Bertz CT molecular complexity index is 314. The Morgan fingerprint density at radius 3 is 2.08 bits per heavy atom. The molecule has 0 radical (unpaired) electrons. The summed E-state index contributed by atoms with van der Waals surface area (Å²) < 4.78 is 0. The van der Waals surface area contributed by atoms with E-state index in [9.17, 15) is 0 Å². The van der Waals surface area contributed by atoms with Gasteiger partial charge in [-0.05, 0) is 23.8 Å². The molecule has 1 saturated heterocycles. The van der Waals surface area contributed by atoms with Crippen LogP contribution in [-0.4, -0.2) is 13.1 Å². The van der Waals surface area contributed by atoms with E-state index >= 15 is 0 Å². The fraction of sp³-hybridized carbons (Fsp3) is 0.333. The first-order chi connectivity index (χ1) is 6.10. The Balaban J connectivity index is 2.39. The average Bonchev–Trinajstić information content (AvgIpc) is 1.98. The lowest BCUT2D eigenvalue weighted by Crippen LogP contribution is -2.62. The molecule has 1 heterocycles. The summed E-state index contributed by atoms with van der Waals surface area (Å²) in [5.41, 5.74) is 6.80. The van der Waals surface area contributed by atoms with Gasteiger partial charge in [-0.2, -0.15) is 0 Å². The van der Waals surface area contributed by atoms with E-state index in [1.807, 2.05) is 12.1 Å². The van der Waals surface area contributed by atoms with Gasteiger partial charge in [0.05, 0.1) is 5.54 Å². The standard InChI is InChI=1S/C9H10Cl2N2/c10-7-1-6(2-8(11)3-7)9(12)4-13-5-9/h1-3,13H,4-5,12H2. The van der Waals surface area contributed by atoms with E-state index in [0.717, 1.165) is 18.7 Å². The van der Waals surface area contributed by atoms with Crippen molar-refractivity contribution >= 4 is 23.2 Å². The van der Waals surface area contributed by atoms with Gasteiger partial charge in [0.15, 0.2) is 0 Å². The smallest absolute Gasteiger partial charge is 0.0663 e. The SMILES string of the molecule is NC1(c2cc(Cl)cc(Cl)c2)CNC1. The Morgan fingerprint density at radius 1 is 1.15 bits per heavy atom. The Labute approximate surface area is 87.0 Å². The molecule has 1 aromatic carbocycles. The highest BCUT2D eigenvalue weighted by atomic mass is 35.5. The minimum atomic E-state index is -0.283. The lowest BCUT2D eigenvalue weighted by atomic mass is 9.85. The molecule has 0 bridgehead atoms. The van der Waals surface area contributed by atoms with Crippen molar-refractivity contribution in [3.63, 3.8) is 0 Å². The van der Waals surface area contributed by atoms with Crippen molar-refractivity contribution in [1.82, 2.24) is 5.32 Å². The normalized spacial score (nSPS) is 19.6. The van der Waals surface area contributed by atoms with Crippen LogP contribution >= 0.6 is 23.2 Å². The predicted octanol–water partition coefficient (Wildman–Crippen LogP) is 1.75. The second-order valence-electron chi connectivity index (χ2n) is 3.42. The number of rotatable bonds is 1. The first-order valence-corrected chi connectivity index (χ1v) is 4.82. The number of hydrogen-bond acceptors (Lipinski definition) is 2. The monoisotopic (exact) mass is 216 g/mol. The van der Waals surface area contributed by atoms with E-state index < -0.39 is 0 Å². The molecular formula is C9H10Cl2N2. The zero-order chi connectivity index (χ0) is 9.47. The molecule has 70 valence electrons. The van der Waals surface area contributed by atoms with Crippen molar-refractivity contribution in [2.24, 2.45) is 5.73 Å². The quantitative estimate of drug-likeness (QED) is 0.752. The molecule has 0 aliphatic carbocycles. The fourth-order valence-corrected chi connectivity index (χ4v) is 1.97. The lowest BCUT2D eigenvalue weighted by Gasteiger charge is -2.39. The number of halogens is 2. The number of hydrogen-bond donors (Lipinski definition) is 2. The van der Waals surface area contributed by atoms with Crippen molar-refractivity contribution in [1.29, 1.82) is 0 Å². The predicted molar refractivity (Wildman–Crippen MR) is 55.2 cm³/mol. The highest BCUT2D eigenvalue weighted by Gasteiger charge is 2.34. The molecule has 3 N–H and O–H groups in total. The molecule has 0 spiro atoms. The zero-order valence-corrected chi connectivity index (χ0v) is 8.49. The van der Waals surface area contributed by atoms with Gasteiger partial charge in [-0.3, -0.25) is 0 Å². The Hall–Kier alpha value is -0.280. The first kappa shape index (κ1) is 9.28. The molecule has 4 heteroatoms. The maximum Gasteiger partial charge on any atom is 0.0663 e. The molecule has 2 nitrogen and oxygen atoms in total. The molecule has 0 atom stereocenters. The average molecular weight is 217 g/mol. The van der Waals surface area contributed by atoms with Crippen molar-refractivity contribution < 1.29 is 0 Å². The second kappa shape index (κ2) is 3.14. The van der Waals surface area contributed by atoms with Gasteiger partial charge in [-0.1, -0.05) is 23.2 Å². The number of nitrogens with two attached hydrogens (primary N) is 1. The molecule has 0 aromatic heterocycles. The van der Waals surface area contributed by atoms with Crippen LogP contribution in [0.2, 0.25) is 10.0 Å². The van der Waals surface area contributed by atoms with Crippen molar-refractivity contribution in [2.75, 3.05) is 13.1 Å². The third-order valence-electron chi connectivity index (χ3n) is 2.32. The molecule has 1 aliphatic heterocycles. The first-order valence-electron chi connectivity index (χ1n) is 4.06. The topological polar surface area (TPSA) is 38.0 Å². The second-order valence-corrected chi connectivity index (χ2v) is 4.29. The molecule has 1 fully saturated rings. The highest BCUT2D eigenvalue weighted by Crippen LogP contribution is 2.28. The van der Waals surface area contributed by atoms with Crippen LogP contribution in [0.5, 0.6) is 0 Å². The van der Waals surface area contributed by atoms with Gasteiger partial charge in [0, 0.05) is 23.1 Å². The van der Waals surface area contributed by atoms with Crippen LogP contribution in [0.4, 0.5) is 0 Å². The molecule has 0 unspecified atom stereocenters. The summed E-state index contributed by atoms with van der Waals surface area (Å²) in [7, 11) is 0. The molecule has 13 heavy (non-hydrogen) atoms. The van der Waals surface area contributed by atoms with E-state index in [0.29, 0.717) is 10.0 Å². The van der Waals surface area contributed by atoms with Crippen LogP contribution in [-0.2, 0) is 5.54 Å². The minimum Gasteiger partial charge on any atom is -0.319 e. The summed E-state index contributed by atoms with van der Waals surface area (Å²) in [6, 6.07) is 5.45. The van der Waals surface area contributed by atoms with Crippen molar-refractivity contribution in [2.45, 2.75) is 5.54 Å². The van der Waals surface area contributed by atoms with Crippen LogP contribution in [0.25, 0.3) is 0 Å². The highest BCUT2D eigenvalue weighted by molar-refractivity contribution is 6.34. The van der Waals surface area contributed by atoms with E-state index in [1.54, 1.807) is 6.07 Å². The Morgan fingerprint density at radius 2 is 1.69 bits per heavy atom. The minimum absolute atomic E-state index is 0.283. The van der Waals surface area contributed by atoms with Crippen LogP contribution < -0.4 is 11.1 Å². The summed E-state index contributed by atoms with van der Waals surface area (Å²) in [5.74, 6) is 0. The van der Waals surface area contributed by atoms with Gasteiger partial charge in [-0.25, -0.2) is 0 Å². The number of benzene rings is 1. The van der Waals surface area contributed by atoms with Gasteiger partial charge in [0.2, 0.25) is 0 Å². The third kappa shape index (κ3) is 1.67. The fourth-order valence-electron chi connectivity index (χ4n) is 1.44. The molecule has 1 aromatic rings. The lowest BCUT2D eigenvalue weighted by molar-refractivity contribution is 0.287. The molecule has 0 amide bonds. The van der Waals surface area contributed by atoms with E-state index in [-0.39, 0.29) is 5.54 Å². The maximum atomic E-state index is 6.08. The maximum absolute atomic E-state index is 6.08. The van der Waals surface area contributed by atoms with Gasteiger partial charge >= 0.3 is 0 Å². The van der Waals surface area contributed by atoms with Gasteiger partial charge in [0.1, 0.15) is 0 Å². The summed E-state index contributed by atoms with van der Waals surface area (Å²) >= 11 is 11.8. The van der Waals surface area contributed by atoms with Crippen LogP contribution in [0.15, 0.2) is 18.2 Å².